The molecule has 2 fully saturated rings. The van der Waals surface area contributed by atoms with Gasteiger partial charge < -0.3 is 4.74 Å². The minimum Gasteiger partial charge on any atom is -0.478 e. The summed E-state index contributed by atoms with van der Waals surface area (Å²) in [6.07, 6.45) is 2.41. The van der Waals surface area contributed by atoms with Crippen LogP contribution in [0.25, 0.3) is 0 Å². The van der Waals surface area contributed by atoms with Crippen LogP contribution >= 0.6 is 11.6 Å². The molecule has 0 spiro atoms. The van der Waals surface area contributed by atoms with Crippen LogP contribution < -0.4 is 4.74 Å². The zero-order valence-corrected chi connectivity index (χ0v) is 17.0. The molecular formula is C23H25ClF3NO. The number of likely N-dealkylation sites (tertiary alicyclic amines) is 1. The van der Waals surface area contributed by atoms with E-state index >= 15 is 0 Å². The first-order valence-electron chi connectivity index (χ1n) is 10.2. The van der Waals surface area contributed by atoms with Gasteiger partial charge >= 0.3 is 6.18 Å². The van der Waals surface area contributed by atoms with E-state index in [1.165, 1.54) is 24.5 Å². The van der Waals surface area contributed by atoms with Crippen molar-refractivity contribution in [2.75, 3.05) is 13.3 Å². The predicted molar refractivity (Wildman–Crippen MR) is 108 cm³/mol. The Labute approximate surface area is 174 Å². The van der Waals surface area contributed by atoms with Crippen molar-refractivity contribution in [3.63, 3.8) is 0 Å². The van der Waals surface area contributed by atoms with E-state index in [4.69, 9.17) is 16.3 Å². The van der Waals surface area contributed by atoms with Crippen LogP contribution in [0.3, 0.4) is 0 Å². The molecule has 156 valence electrons. The first-order valence-corrected chi connectivity index (χ1v) is 10.6. The summed E-state index contributed by atoms with van der Waals surface area (Å²) in [5.41, 5.74) is 0.716. The summed E-state index contributed by atoms with van der Waals surface area (Å²) in [5.74, 6) is 0.262. The van der Waals surface area contributed by atoms with Gasteiger partial charge in [0.05, 0.1) is 5.56 Å². The Morgan fingerprint density at radius 1 is 1.03 bits per heavy atom. The van der Waals surface area contributed by atoms with E-state index in [-0.39, 0.29) is 11.2 Å². The monoisotopic (exact) mass is 423 g/mol. The standard InChI is InChI=1S/C23H25ClF3NO/c24-19-10-8-17(9-11-19)22(12-4-13-22)21-7-1-2-14-28(21)16-29-20-6-3-5-18(15-20)23(25,26)27/h3,5-6,8-11,15,21H,1-2,4,7,12-14,16H2/t21-/m1/s1. The van der Waals surface area contributed by atoms with E-state index in [0.29, 0.717) is 12.8 Å². The number of ether oxygens (including phenoxy) is 1. The van der Waals surface area contributed by atoms with Gasteiger partial charge in [-0.2, -0.15) is 13.2 Å². The molecule has 4 rings (SSSR count). The fraction of sp³-hybridized carbons (Fsp3) is 0.478. The maximum Gasteiger partial charge on any atom is 0.416 e. The average molecular weight is 424 g/mol. The number of alkyl halides is 3. The maximum absolute atomic E-state index is 13.0. The number of benzene rings is 2. The second-order valence-corrected chi connectivity index (χ2v) is 8.58. The highest BCUT2D eigenvalue weighted by Gasteiger charge is 2.48. The normalized spacial score (nSPS) is 22.1. The van der Waals surface area contributed by atoms with Gasteiger partial charge in [-0.15, -0.1) is 0 Å². The lowest BCUT2D eigenvalue weighted by Gasteiger charge is -2.53. The van der Waals surface area contributed by atoms with Gasteiger partial charge in [0.1, 0.15) is 12.5 Å². The van der Waals surface area contributed by atoms with Crippen molar-refractivity contribution in [2.45, 2.75) is 56.2 Å². The Morgan fingerprint density at radius 3 is 2.45 bits per heavy atom. The zero-order chi connectivity index (χ0) is 20.5. The van der Waals surface area contributed by atoms with Gasteiger partial charge in [-0.3, -0.25) is 4.90 Å². The molecule has 0 amide bonds. The SMILES string of the molecule is FC(F)(F)c1cccc(OCN2CCCC[C@@H]2C2(c3ccc(Cl)cc3)CCC2)c1. The molecule has 2 aromatic rings. The Balaban J connectivity index is 1.51. The fourth-order valence-corrected chi connectivity index (χ4v) is 4.97. The van der Waals surface area contributed by atoms with Crippen molar-refractivity contribution >= 4 is 11.6 Å². The summed E-state index contributed by atoms with van der Waals surface area (Å²) < 4.78 is 44.8. The lowest BCUT2D eigenvalue weighted by atomic mass is 9.58. The van der Waals surface area contributed by atoms with Gasteiger partial charge in [0.25, 0.3) is 0 Å². The number of rotatable bonds is 5. The molecule has 2 nitrogen and oxygen atoms in total. The summed E-state index contributed by atoms with van der Waals surface area (Å²) in [6.45, 7) is 1.21. The molecule has 0 unspecified atom stereocenters. The van der Waals surface area contributed by atoms with Crippen LogP contribution in [-0.2, 0) is 11.6 Å². The van der Waals surface area contributed by atoms with Crippen molar-refractivity contribution in [3.05, 3.63) is 64.7 Å². The van der Waals surface area contributed by atoms with E-state index in [1.807, 2.05) is 12.1 Å². The minimum absolute atomic E-state index is 0.0855. The number of hydrogen-bond acceptors (Lipinski definition) is 2. The lowest BCUT2D eigenvalue weighted by molar-refractivity contribution is -0.137. The molecule has 1 atom stereocenters. The van der Waals surface area contributed by atoms with Crippen LogP contribution in [-0.4, -0.2) is 24.2 Å². The van der Waals surface area contributed by atoms with E-state index in [0.717, 1.165) is 49.4 Å². The van der Waals surface area contributed by atoms with Crippen molar-refractivity contribution in [1.82, 2.24) is 4.90 Å². The second kappa shape index (κ2) is 8.19. The van der Waals surface area contributed by atoms with Crippen LogP contribution in [0.2, 0.25) is 5.02 Å². The first kappa shape index (κ1) is 20.5. The zero-order valence-electron chi connectivity index (χ0n) is 16.2. The molecule has 1 aliphatic heterocycles. The van der Waals surface area contributed by atoms with Crippen molar-refractivity contribution in [1.29, 1.82) is 0 Å². The van der Waals surface area contributed by atoms with Crippen LogP contribution in [0, 0.1) is 0 Å². The van der Waals surface area contributed by atoms with Crippen LogP contribution in [0.15, 0.2) is 48.5 Å². The van der Waals surface area contributed by atoms with Gasteiger partial charge in [-0.1, -0.05) is 42.6 Å². The Morgan fingerprint density at radius 2 is 1.79 bits per heavy atom. The van der Waals surface area contributed by atoms with Crippen LogP contribution in [0.1, 0.15) is 49.7 Å². The third-order valence-electron chi connectivity index (χ3n) is 6.47. The van der Waals surface area contributed by atoms with Gasteiger partial charge in [0.15, 0.2) is 0 Å². The minimum atomic E-state index is -4.36. The summed E-state index contributed by atoms with van der Waals surface area (Å²) in [7, 11) is 0. The summed E-state index contributed by atoms with van der Waals surface area (Å²) >= 11 is 6.09. The molecule has 2 aliphatic rings. The van der Waals surface area contributed by atoms with Crippen molar-refractivity contribution in [3.8, 4) is 5.75 Å². The van der Waals surface area contributed by atoms with Crippen molar-refractivity contribution in [2.24, 2.45) is 0 Å². The molecule has 0 bridgehead atoms. The van der Waals surface area contributed by atoms with E-state index < -0.39 is 11.7 Å². The highest BCUT2D eigenvalue weighted by Crippen LogP contribution is 2.50. The lowest BCUT2D eigenvalue weighted by Crippen LogP contribution is -2.57. The molecule has 6 heteroatoms. The maximum atomic E-state index is 13.0. The van der Waals surface area contributed by atoms with Gasteiger partial charge in [-0.25, -0.2) is 0 Å². The summed E-state index contributed by atoms with van der Waals surface area (Å²) in [4.78, 5) is 2.32. The largest absolute Gasteiger partial charge is 0.478 e. The highest BCUT2D eigenvalue weighted by molar-refractivity contribution is 6.30. The van der Waals surface area contributed by atoms with E-state index in [2.05, 4.69) is 17.0 Å². The molecule has 29 heavy (non-hydrogen) atoms. The molecule has 0 aromatic heterocycles. The van der Waals surface area contributed by atoms with Gasteiger partial charge in [0.2, 0.25) is 0 Å². The highest BCUT2D eigenvalue weighted by atomic mass is 35.5. The molecular weight excluding hydrogens is 399 g/mol. The quantitative estimate of drug-likeness (QED) is 0.532. The Bertz CT molecular complexity index is 833. The molecule has 2 aromatic carbocycles. The van der Waals surface area contributed by atoms with Crippen molar-refractivity contribution < 1.29 is 17.9 Å². The van der Waals surface area contributed by atoms with Crippen LogP contribution in [0.4, 0.5) is 13.2 Å². The molecule has 0 radical (unpaired) electrons. The fourth-order valence-electron chi connectivity index (χ4n) is 4.84. The smallest absolute Gasteiger partial charge is 0.416 e. The average Bonchev–Trinajstić information content (AvgIpc) is 2.67. The molecule has 1 aliphatic carbocycles. The number of piperidine rings is 1. The molecule has 1 saturated carbocycles. The number of nitrogens with zero attached hydrogens (tertiary/aromatic N) is 1. The Kier molecular flexibility index (Phi) is 5.80. The van der Waals surface area contributed by atoms with E-state index in [1.54, 1.807) is 6.07 Å². The van der Waals surface area contributed by atoms with Gasteiger partial charge in [0, 0.05) is 23.0 Å². The number of halogens is 4. The van der Waals surface area contributed by atoms with Crippen LogP contribution in [0.5, 0.6) is 5.75 Å². The second-order valence-electron chi connectivity index (χ2n) is 8.14. The third-order valence-corrected chi connectivity index (χ3v) is 6.73. The molecule has 0 N–H and O–H groups in total. The predicted octanol–water partition coefficient (Wildman–Crippen LogP) is 6.67. The van der Waals surface area contributed by atoms with Gasteiger partial charge in [-0.05, 0) is 61.6 Å². The molecule has 1 saturated heterocycles. The number of hydrogen-bond donors (Lipinski definition) is 0. The summed E-state index contributed by atoms with van der Waals surface area (Å²) in [5, 5.41) is 0.733. The molecule has 1 heterocycles. The topological polar surface area (TPSA) is 12.5 Å². The first-order chi connectivity index (χ1) is 13.9. The summed E-state index contributed by atoms with van der Waals surface area (Å²) in [6, 6.07) is 13.6. The van der Waals surface area contributed by atoms with E-state index in [9.17, 15) is 13.2 Å². The Hall–Kier alpha value is -1.72. The third kappa shape index (κ3) is 4.26.